The Balaban J connectivity index is 2.43. The third kappa shape index (κ3) is 2.40. The Morgan fingerprint density at radius 1 is 1.40 bits per heavy atom. The van der Waals surface area contributed by atoms with E-state index in [9.17, 15) is 10.1 Å². The number of Topliss-reactive ketones (excluding diaryl/α,β-unsaturated/α-hetero) is 1. The third-order valence-corrected chi connectivity index (χ3v) is 5.34. The van der Waals surface area contributed by atoms with Gasteiger partial charge in [-0.3, -0.25) is 4.79 Å². The van der Waals surface area contributed by atoms with Gasteiger partial charge >= 0.3 is 0 Å². The first-order valence-corrected chi connectivity index (χ1v) is 7.80. The van der Waals surface area contributed by atoms with E-state index in [2.05, 4.69) is 24.8 Å². The summed E-state index contributed by atoms with van der Waals surface area (Å²) in [6.45, 7) is 9.98. The Labute approximate surface area is 124 Å². The van der Waals surface area contributed by atoms with Crippen LogP contribution in [0.5, 0.6) is 0 Å². The van der Waals surface area contributed by atoms with Crippen LogP contribution in [0.3, 0.4) is 0 Å². The molecule has 5 heteroatoms. The van der Waals surface area contributed by atoms with Gasteiger partial charge in [-0.2, -0.15) is 5.26 Å². The van der Waals surface area contributed by atoms with Crippen molar-refractivity contribution in [3.8, 4) is 6.07 Å². The predicted molar refractivity (Wildman–Crippen MR) is 83.2 cm³/mol. The van der Waals surface area contributed by atoms with Crippen molar-refractivity contribution in [2.45, 2.75) is 27.7 Å². The second-order valence-electron chi connectivity index (χ2n) is 6.02. The second kappa shape index (κ2) is 5.45. The van der Waals surface area contributed by atoms with Crippen LogP contribution in [0, 0.1) is 29.1 Å². The molecule has 0 aliphatic carbocycles. The quantitative estimate of drug-likeness (QED) is 0.869. The van der Waals surface area contributed by atoms with Gasteiger partial charge in [-0.05, 0) is 11.8 Å². The van der Waals surface area contributed by atoms with E-state index in [1.165, 1.54) is 11.3 Å². The molecule has 1 saturated heterocycles. The molecule has 1 aromatic rings. The van der Waals surface area contributed by atoms with Crippen molar-refractivity contribution < 1.29 is 4.79 Å². The number of hydrogen-bond acceptors (Lipinski definition) is 5. The summed E-state index contributed by atoms with van der Waals surface area (Å²) in [6, 6.07) is 2.18. The van der Waals surface area contributed by atoms with Crippen LogP contribution < -0.4 is 10.6 Å². The first kappa shape index (κ1) is 14.9. The SMILES string of the molecule is CC(C)C(=O)c1sc(N2CC(C)C(C)C2)c(C#N)c1N. The Bertz CT molecular complexity index is 560. The molecule has 0 aromatic carbocycles. The maximum Gasteiger partial charge on any atom is 0.177 e. The van der Waals surface area contributed by atoms with E-state index in [4.69, 9.17) is 5.73 Å². The number of nitrogen functional groups attached to an aromatic ring is 1. The van der Waals surface area contributed by atoms with Crippen LogP contribution in [0.15, 0.2) is 0 Å². The van der Waals surface area contributed by atoms with E-state index in [1.54, 1.807) is 0 Å². The van der Waals surface area contributed by atoms with Gasteiger partial charge in [0.15, 0.2) is 5.78 Å². The number of carbonyl (C=O) groups is 1. The number of thiophene rings is 1. The standard InChI is InChI=1S/C15H21N3OS/c1-8(2)13(19)14-12(17)11(5-16)15(20-14)18-6-9(3)10(4)7-18/h8-10H,6-7,17H2,1-4H3. The lowest BCUT2D eigenvalue weighted by Gasteiger charge is -2.16. The van der Waals surface area contributed by atoms with Crippen molar-refractivity contribution in [3.63, 3.8) is 0 Å². The summed E-state index contributed by atoms with van der Waals surface area (Å²) in [7, 11) is 0. The normalized spacial score (nSPS) is 22.3. The molecule has 2 heterocycles. The molecule has 20 heavy (non-hydrogen) atoms. The lowest BCUT2D eigenvalue weighted by molar-refractivity contribution is 0.0944. The van der Waals surface area contributed by atoms with Gasteiger partial charge in [0.25, 0.3) is 0 Å². The van der Waals surface area contributed by atoms with Gasteiger partial charge < -0.3 is 10.6 Å². The van der Waals surface area contributed by atoms with E-state index in [0.29, 0.717) is 28.0 Å². The molecule has 2 atom stereocenters. The highest BCUT2D eigenvalue weighted by Gasteiger charge is 2.31. The molecule has 0 bridgehead atoms. The molecule has 1 aliphatic heterocycles. The van der Waals surface area contributed by atoms with E-state index >= 15 is 0 Å². The number of anilines is 2. The van der Waals surface area contributed by atoms with Crippen LogP contribution in [-0.2, 0) is 0 Å². The monoisotopic (exact) mass is 291 g/mol. The Morgan fingerprint density at radius 3 is 2.40 bits per heavy atom. The molecule has 4 nitrogen and oxygen atoms in total. The average molecular weight is 291 g/mol. The van der Waals surface area contributed by atoms with E-state index in [-0.39, 0.29) is 11.7 Å². The molecule has 0 spiro atoms. The molecule has 2 N–H and O–H groups in total. The predicted octanol–water partition coefficient (Wildman–Crippen LogP) is 3.13. The summed E-state index contributed by atoms with van der Waals surface area (Å²) in [4.78, 5) is 14.9. The largest absolute Gasteiger partial charge is 0.396 e. The van der Waals surface area contributed by atoms with Gasteiger partial charge in [0.2, 0.25) is 0 Å². The van der Waals surface area contributed by atoms with E-state index in [0.717, 1.165) is 18.1 Å². The van der Waals surface area contributed by atoms with Gasteiger partial charge in [-0.25, -0.2) is 0 Å². The molecule has 0 radical (unpaired) electrons. The van der Waals surface area contributed by atoms with Gasteiger partial charge in [-0.15, -0.1) is 11.3 Å². The van der Waals surface area contributed by atoms with Crippen LogP contribution in [-0.4, -0.2) is 18.9 Å². The maximum absolute atomic E-state index is 12.2. The van der Waals surface area contributed by atoms with Crippen molar-refractivity contribution in [1.29, 1.82) is 5.26 Å². The number of carbonyl (C=O) groups excluding carboxylic acids is 1. The van der Waals surface area contributed by atoms with Gasteiger partial charge in [-0.1, -0.05) is 27.7 Å². The first-order valence-electron chi connectivity index (χ1n) is 6.98. The number of rotatable bonds is 3. The van der Waals surface area contributed by atoms with E-state index in [1.807, 2.05) is 13.8 Å². The Kier molecular flexibility index (Phi) is 4.05. The number of hydrogen-bond donors (Lipinski definition) is 1. The molecule has 2 unspecified atom stereocenters. The average Bonchev–Trinajstić information content (AvgIpc) is 2.89. The van der Waals surface area contributed by atoms with Crippen molar-refractivity contribution in [2.24, 2.45) is 17.8 Å². The smallest absolute Gasteiger partial charge is 0.177 e. The summed E-state index contributed by atoms with van der Waals surface area (Å²) in [6.07, 6.45) is 0. The molecule has 0 saturated carbocycles. The molecular formula is C15H21N3OS. The van der Waals surface area contributed by atoms with Crippen molar-refractivity contribution in [3.05, 3.63) is 10.4 Å². The summed E-state index contributed by atoms with van der Waals surface area (Å²) < 4.78 is 0. The minimum Gasteiger partial charge on any atom is -0.396 e. The Hall–Kier alpha value is -1.54. The molecule has 1 aliphatic rings. The van der Waals surface area contributed by atoms with Gasteiger partial charge in [0.05, 0.1) is 10.6 Å². The summed E-state index contributed by atoms with van der Waals surface area (Å²) in [5.74, 6) is 1.10. The topological polar surface area (TPSA) is 70.1 Å². The van der Waals surface area contributed by atoms with Crippen molar-refractivity contribution >= 4 is 27.8 Å². The number of nitrogens with zero attached hydrogens (tertiary/aromatic N) is 2. The van der Waals surface area contributed by atoms with Crippen LogP contribution in [0.2, 0.25) is 0 Å². The molecule has 1 fully saturated rings. The van der Waals surface area contributed by atoms with Crippen molar-refractivity contribution in [1.82, 2.24) is 0 Å². The third-order valence-electron chi connectivity index (χ3n) is 4.06. The Morgan fingerprint density at radius 2 is 1.95 bits per heavy atom. The van der Waals surface area contributed by atoms with Crippen LogP contribution in [0.4, 0.5) is 10.7 Å². The van der Waals surface area contributed by atoms with Crippen LogP contribution >= 0.6 is 11.3 Å². The molecule has 0 amide bonds. The molecule has 108 valence electrons. The zero-order chi connectivity index (χ0) is 15.0. The highest BCUT2D eigenvalue weighted by atomic mass is 32.1. The lowest BCUT2D eigenvalue weighted by Crippen LogP contribution is -2.19. The lowest BCUT2D eigenvalue weighted by atomic mass is 10.0. The van der Waals surface area contributed by atoms with Gasteiger partial charge in [0, 0.05) is 19.0 Å². The molecule has 1 aromatic heterocycles. The second-order valence-corrected chi connectivity index (χ2v) is 7.01. The highest BCUT2D eigenvalue weighted by molar-refractivity contribution is 7.19. The number of ketones is 1. The maximum atomic E-state index is 12.2. The zero-order valence-corrected chi connectivity index (χ0v) is 13.3. The minimum absolute atomic E-state index is 0.0237. The van der Waals surface area contributed by atoms with Gasteiger partial charge in [0.1, 0.15) is 16.6 Å². The fourth-order valence-electron chi connectivity index (χ4n) is 2.50. The molecule has 2 rings (SSSR count). The fraction of sp³-hybridized carbons (Fsp3) is 0.600. The van der Waals surface area contributed by atoms with Crippen LogP contribution in [0.25, 0.3) is 0 Å². The summed E-state index contributed by atoms with van der Waals surface area (Å²) in [5, 5.41) is 10.2. The first-order chi connectivity index (χ1) is 9.36. The number of nitrogens with two attached hydrogens (primary N) is 1. The fourth-order valence-corrected chi connectivity index (χ4v) is 3.78. The number of nitriles is 1. The zero-order valence-electron chi connectivity index (χ0n) is 12.4. The highest BCUT2D eigenvalue weighted by Crippen LogP contribution is 2.41. The molecular weight excluding hydrogens is 270 g/mol. The summed E-state index contributed by atoms with van der Waals surface area (Å²) in [5.41, 5.74) is 6.86. The van der Waals surface area contributed by atoms with E-state index < -0.39 is 0 Å². The van der Waals surface area contributed by atoms with Crippen LogP contribution in [0.1, 0.15) is 42.9 Å². The van der Waals surface area contributed by atoms with Crippen molar-refractivity contribution in [2.75, 3.05) is 23.7 Å². The summed E-state index contributed by atoms with van der Waals surface area (Å²) >= 11 is 1.38. The minimum atomic E-state index is -0.105.